The number of aromatic nitrogens is 2. The highest BCUT2D eigenvalue weighted by Crippen LogP contribution is 2.37. The van der Waals surface area contributed by atoms with Crippen molar-refractivity contribution >= 4 is 0 Å². The molecule has 0 saturated heterocycles. The molecule has 2 rings (SSSR count). The van der Waals surface area contributed by atoms with Crippen molar-refractivity contribution in [1.29, 1.82) is 0 Å². The van der Waals surface area contributed by atoms with Gasteiger partial charge in [-0.2, -0.15) is 4.98 Å². The molecule has 0 aliphatic heterocycles. The Labute approximate surface area is 116 Å². The van der Waals surface area contributed by atoms with Crippen LogP contribution in [0.2, 0.25) is 0 Å². The van der Waals surface area contributed by atoms with Crippen molar-refractivity contribution < 1.29 is 4.52 Å². The summed E-state index contributed by atoms with van der Waals surface area (Å²) in [4.78, 5) is 4.24. The van der Waals surface area contributed by atoms with Crippen LogP contribution >= 0.6 is 0 Å². The molecule has 0 bridgehead atoms. The molecule has 2 atom stereocenters. The number of aryl methyl sites for hydroxylation is 1. The lowest BCUT2D eigenvalue weighted by atomic mass is 9.69. The quantitative estimate of drug-likeness (QED) is 0.908. The first-order chi connectivity index (χ1) is 8.97. The van der Waals surface area contributed by atoms with Gasteiger partial charge in [0, 0.05) is 25.9 Å². The third-order valence-electron chi connectivity index (χ3n) is 4.20. The van der Waals surface area contributed by atoms with Crippen LogP contribution < -0.4 is 5.32 Å². The average molecular weight is 265 g/mol. The Balaban J connectivity index is 1.83. The number of hydrogen-bond donors (Lipinski definition) is 1. The topological polar surface area (TPSA) is 51.0 Å². The van der Waals surface area contributed by atoms with Crippen molar-refractivity contribution in [1.82, 2.24) is 15.5 Å². The molecular weight excluding hydrogens is 238 g/mol. The summed E-state index contributed by atoms with van der Waals surface area (Å²) in [6.07, 6.45) is 6.23. The van der Waals surface area contributed by atoms with E-state index in [1.165, 1.54) is 25.7 Å². The van der Waals surface area contributed by atoms with Gasteiger partial charge in [-0.3, -0.25) is 0 Å². The summed E-state index contributed by atoms with van der Waals surface area (Å²) in [5.74, 6) is 2.24. The molecule has 4 nitrogen and oxygen atoms in total. The molecule has 1 aromatic heterocycles. The highest BCUT2D eigenvalue weighted by atomic mass is 16.5. The lowest BCUT2D eigenvalue weighted by Gasteiger charge is -2.41. The fourth-order valence-corrected chi connectivity index (χ4v) is 3.22. The molecule has 0 aromatic carbocycles. The van der Waals surface area contributed by atoms with E-state index >= 15 is 0 Å². The van der Waals surface area contributed by atoms with Gasteiger partial charge in [-0.15, -0.1) is 0 Å². The molecule has 19 heavy (non-hydrogen) atoms. The second-order valence-electron chi connectivity index (χ2n) is 6.80. The smallest absolute Gasteiger partial charge is 0.223 e. The highest BCUT2D eigenvalue weighted by Gasteiger charge is 2.33. The van der Waals surface area contributed by atoms with E-state index in [1.807, 2.05) is 6.92 Å². The minimum absolute atomic E-state index is 0.390. The molecule has 0 amide bonds. The summed E-state index contributed by atoms with van der Waals surface area (Å²) in [5.41, 5.74) is 0.390. The molecule has 1 aromatic rings. The molecule has 4 heteroatoms. The Morgan fingerprint density at radius 3 is 2.63 bits per heavy atom. The summed E-state index contributed by atoms with van der Waals surface area (Å²) in [5, 5.41) is 7.65. The Morgan fingerprint density at radius 2 is 2.00 bits per heavy atom. The van der Waals surface area contributed by atoms with Crippen LogP contribution in [0.15, 0.2) is 4.52 Å². The summed E-state index contributed by atoms with van der Waals surface area (Å²) in [6, 6.07) is 0.641. The monoisotopic (exact) mass is 265 g/mol. The van der Waals surface area contributed by atoms with Gasteiger partial charge in [0.25, 0.3) is 0 Å². The van der Waals surface area contributed by atoms with Gasteiger partial charge in [0.1, 0.15) is 0 Å². The molecule has 1 N–H and O–H groups in total. The Morgan fingerprint density at radius 1 is 1.26 bits per heavy atom. The van der Waals surface area contributed by atoms with Gasteiger partial charge in [0.2, 0.25) is 5.89 Å². The minimum Gasteiger partial charge on any atom is -0.340 e. The lowest BCUT2D eigenvalue weighted by Crippen LogP contribution is -2.44. The standard InChI is InChI=1S/C15H27N3O/c1-11-17-14(18-19-11)9-10-16-13-8-6-5-7-12(13)15(2,3)4/h12-13,16H,5-10H2,1-4H3. The summed E-state index contributed by atoms with van der Waals surface area (Å²) in [7, 11) is 0. The zero-order chi connectivity index (χ0) is 13.9. The SMILES string of the molecule is Cc1nc(CCNC2CCCCC2C(C)(C)C)no1. The summed E-state index contributed by atoms with van der Waals surface area (Å²) < 4.78 is 4.99. The second kappa shape index (κ2) is 6.04. The number of nitrogens with zero attached hydrogens (tertiary/aromatic N) is 2. The first-order valence-corrected chi connectivity index (χ1v) is 7.49. The van der Waals surface area contributed by atoms with E-state index in [0.29, 0.717) is 17.3 Å². The van der Waals surface area contributed by atoms with E-state index < -0.39 is 0 Å². The van der Waals surface area contributed by atoms with Crippen molar-refractivity contribution in [3.8, 4) is 0 Å². The van der Waals surface area contributed by atoms with Crippen LogP contribution in [-0.2, 0) is 6.42 Å². The van der Waals surface area contributed by atoms with E-state index in [4.69, 9.17) is 4.52 Å². The number of hydrogen-bond acceptors (Lipinski definition) is 4. The largest absolute Gasteiger partial charge is 0.340 e. The maximum atomic E-state index is 4.99. The zero-order valence-electron chi connectivity index (χ0n) is 12.7. The van der Waals surface area contributed by atoms with Gasteiger partial charge in [0.15, 0.2) is 5.82 Å². The lowest BCUT2D eigenvalue weighted by molar-refractivity contribution is 0.131. The fourth-order valence-electron chi connectivity index (χ4n) is 3.22. The van der Waals surface area contributed by atoms with Gasteiger partial charge in [0.05, 0.1) is 0 Å². The Hall–Kier alpha value is -0.900. The Bertz CT molecular complexity index is 394. The highest BCUT2D eigenvalue weighted by molar-refractivity contribution is 4.90. The van der Waals surface area contributed by atoms with E-state index in [0.717, 1.165) is 24.7 Å². The fraction of sp³-hybridized carbons (Fsp3) is 0.867. The molecule has 108 valence electrons. The molecule has 1 aliphatic rings. The van der Waals surface area contributed by atoms with E-state index in [1.54, 1.807) is 0 Å². The molecule has 1 saturated carbocycles. The first kappa shape index (κ1) is 14.5. The van der Waals surface area contributed by atoms with Crippen molar-refractivity contribution in [2.75, 3.05) is 6.54 Å². The van der Waals surface area contributed by atoms with Crippen molar-refractivity contribution in [3.63, 3.8) is 0 Å². The minimum atomic E-state index is 0.390. The number of rotatable bonds is 4. The number of nitrogens with one attached hydrogen (secondary N) is 1. The summed E-state index contributed by atoms with van der Waals surface area (Å²) in [6.45, 7) is 9.86. The van der Waals surface area contributed by atoms with Crippen LogP contribution in [0.3, 0.4) is 0 Å². The summed E-state index contributed by atoms with van der Waals surface area (Å²) >= 11 is 0. The van der Waals surface area contributed by atoms with Crippen LogP contribution in [0.25, 0.3) is 0 Å². The molecule has 0 radical (unpaired) electrons. The first-order valence-electron chi connectivity index (χ1n) is 7.49. The van der Waals surface area contributed by atoms with Crippen LogP contribution in [0.5, 0.6) is 0 Å². The van der Waals surface area contributed by atoms with E-state index in [2.05, 4.69) is 36.2 Å². The predicted octanol–water partition coefficient (Wildman–Crippen LogP) is 3.12. The van der Waals surface area contributed by atoms with Crippen LogP contribution in [0.4, 0.5) is 0 Å². The molecule has 1 aliphatic carbocycles. The van der Waals surface area contributed by atoms with Gasteiger partial charge in [-0.25, -0.2) is 0 Å². The maximum absolute atomic E-state index is 4.99. The maximum Gasteiger partial charge on any atom is 0.223 e. The predicted molar refractivity (Wildman–Crippen MR) is 75.9 cm³/mol. The van der Waals surface area contributed by atoms with Crippen molar-refractivity contribution in [3.05, 3.63) is 11.7 Å². The van der Waals surface area contributed by atoms with E-state index in [-0.39, 0.29) is 0 Å². The molecule has 0 spiro atoms. The molecular formula is C15H27N3O. The zero-order valence-corrected chi connectivity index (χ0v) is 12.7. The van der Waals surface area contributed by atoms with Crippen LogP contribution in [-0.4, -0.2) is 22.7 Å². The van der Waals surface area contributed by atoms with Crippen LogP contribution in [0, 0.1) is 18.3 Å². The van der Waals surface area contributed by atoms with E-state index in [9.17, 15) is 0 Å². The van der Waals surface area contributed by atoms with Crippen molar-refractivity contribution in [2.45, 2.75) is 65.8 Å². The molecule has 1 heterocycles. The molecule has 2 unspecified atom stereocenters. The normalized spacial score (nSPS) is 24.6. The molecule has 1 fully saturated rings. The second-order valence-corrected chi connectivity index (χ2v) is 6.80. The third kappa shape index (κ3) is 4.03. The third-order valence-corrected chi connectivity index (χ3v) is 4.20. The van der Waals surface area contributed by atoms with Gasteiger partial charge in [-0.05, 0) is 24.2 Å². The average Bonchev–Trinajstić information content (AvgIpc) is 2.74. The van der Waals surface area contributed by atoms with Crippen LogP contribution in [0.1, 0.15) is 58.2 Å². The Kier molecular flexibility index (Phi) is 4.61. The van der Waals surface area contributed by atoms with Gasteiger partial charge < -0.3 is 9.84 Å². The van der Waals surface area contributed by atoms with Gasteiger partial charge >= 0.3 is 0 Å². The van der Waals surface area contributed by atoms with Crippen molar-refractivity contribution in [2.24, 2.45) is 11.3 Å². The van der Waals surface area contributed by atoms with Gasteiger partial charge in [-0.1, -0.05) is 38.8 Å².